The van der Waals surface area contributed by atoms with Crippen molar-refractivity contribution >= 4 is 15.7 Å². The molecule has 1 rings (SSSR count). The maximum Gasteiger partial charge on any atom is 0.252 e. The molecule has 19 heavy (non-hydrogen) atoms. The van der Waals surface area contributed by atoms with Crippen LogP contribution in [0.4, 0.5) is 0 Å². The van der Waals surface area contributed by atoms with Gasteiger partial charge in [0.1, 0.15) is 0 Å². The first-order valence-corrected chi connectivity index (χ1v) is 7.89. The van der Waals surface area contributed by atoms with Gasteiger partial charge in [0.15, 0.2) is 9.84 Å². The number of benzene rings is 1. The van der Waals surface area contributed by atoms with Gasteiger partial charge < -0.3 is 11.1 Å². The molecule has 5 nitrogen and oxygen atoms in total. The van der Waals surface area contributed by atoms with Crippen molar-refractivity contribution in [1.29, 1.82) is 0 Å². The third kappa shape index (κ3) is 4.33. The molecule has 0 heterocycles. The zero-order chi connectivity index (χ0) is 14.5. The second-order valence-electron chi connectivity index (χ2n) is 4.42. The zero-order valence-corrected chi connectivity index (χ0v) is 12.0. The number of amides is 1. The summed E-state index contributed by atoms with van der Waals surface area (Å²) in [7, 11) is -3.40. The average Bonchev–Trinajstić information content (AvgIpc) is 2.38. The molecule has 0 radical (unpaired) electrons. The highest BCUT2D eigenvalue weighted by Gasteiger charge is 2.20. The minimum absolute atomic E-state index is 0.00471. The van der Waals surface area contributed by atoms with Crippen molar-refractivity contribution in [1.82, 2.24) is 5.32 Å². The molecule has 0 fully saturated rings. The Labute approximate surface area is 114 Å². The van der Waals surface area contributed by atoms with Gasteiger partial charge in [0, 0.05) is 12.6 Å². The maximum atomic E-state index is 12.0. The Hall–Kier alpha value is -1.40. The van der Waals surface area contributed by atoms with E-state index < -0.39 is 9.84 Å². The molecule has 1 atom stereocenters. The summed E-state index contributed by atoms with van der Waals surface area (Å²) >= 11 is 0. The Balaban J connectivity index is 2.92. The number of carbonyl (C=O) groups excluding carboxylic acids is 1. The Morgan fingerprint density at radius 1 is 1.37 bits per heavy atom. The standard InChI is InChI=1S/C13H20N2O3S/c1-3-19(17,18)12-7-5-4-6-11(12)13(16)15-9-8-10(2)14/h4-7,10H,3,8-9,14H2,1-2H3,(H,15,16). The number of nitrogens with two attached hydrogens (primary N) is 1. The summed E-state index contributed by atoms with van der Waals surface area (Å²) in [5, 5.41) is 2.68. The molecule has 0 saturated heterocycles. The molecule has 0 spiro atoms. The van der Waals surface area contributed by atoms with E-state index in [0.717, 1.165) is 0 Å². The quantitative estimate of drug-likeness (QED) is 0.814. The normalized spacial score (nSPS) is 13.0. The fourth-order valence-corrected chi connectivity index (χ4v) is 2.68. The van der Waals surface area contributed by atoms with Gasteiger partial charge in [0.25, 0.3) is 5.91 Å². The number of hydrogen-bond acceptors (Lipinski definition) is 4. The van der Waals surface area contributed by atoms with Crippen molar-refractivity contribution in [3.63, 3.8) is 0 Å². The van der Waals surface area contributed by atoms with Crippen molar-refractivity contribution in [2.24, 2.45) is 5.73 Å². The van der Waals surface area contributed by atoms with Gasteiger partial charge in [0.2, 0.25) is 0 Å². The van der Waals surface area contributed by atoms with E-state index in [4.69, 9.17) is 5.73 Å². The van der Waals surface area contributed by atoms with Gasteiger partial charge in [-0.2, -0.15) is 0 Å². The second-order valence-corrected chi connectivity index (χ2v) is 6.67. The topological polar surface area (TPSA) is 89.3 Å². The van der Waals surface area contributed by atoms with Gasteiger partial charge in [-0.05, 0) is 25.5 Å². The van der Waals surface area contributed by atoms with Crippen LogP contribution in [0.5, 0.6) is 0 Å². The molecule has 1 aromatic carbocycles. The van der Waals surface area contributed by atoms with Gasteiger partial charge in [-0.25, -0.2) is 8.42 Å². The highest BCUT2D eigenvalue weighted by molar-refractivity contribution is 7.91. The molecule has 6 heteroatoms. The van der Waals surface area contributed by atoms with Crippen LogP contribution in [0.1, 0.15) is 30.6 Å². The molecule has 0 aliphatic heterocycles. The van der Waals surface area contributed by atoms with Crippen molar-refractivity contribution in [2.45, 2.75) is 31.2 Å². The first-order valence-electron chi connectivity index (χ1n) is 6.24. The molecule has 106 valence electrons. The van der Waals surface area contributed by atoms with Gasteiger partial charge in [-0.3, -0.25) is 4.79 Å². The fraction of sp³-hybridized carbons (Fsp3) is 0.462. The Kier molecular flexibility index (Phi) is 5.50. The lowest BCUT2D eigenvalue weighted by Gasteiger charge is -2.10. The Bertz CT molecular complexity index is 539. The van der Waals surface area contributed by atoms with Crippen LogP contribution in [0.15, 0.2) is 29.2 Å². The lowest BCUT2D eigenvalue weighted by Crippen LogP contribution is -2.30. The molecular formula is C13H20N2O3S. The van der Waals surface area contributed by atoms with E-state index >= 15 is 0 Å². The minimum Gasteiger partial charge on any atom is -0.352 e. The predicted octanol–water partition coefficient (Wildman–Crippen LogP) is 0.947. The SMILES string of the molecule is CCS(=O)(=O)c1ccccc1C(=O)NCCC(C)N. The smallest absolute Gasteiger partial charge is 0.252 e. The third-order valence-corrected chi connectivity index (χ3v) is 4.52. The zero-order valence-electron chi connectivity index (χ0n) is 11.2. The van der Waals surface area contributed by atoms with Crippen LogP contribution in [0.2, 0.25) is 0 Å². The lowest BCUT2D eigenvalue weighted by atomic mass is 10.2. The minimum atomic E-state index is -3.40. The van der Waals surface area contributed by atoms with Crippen LogP contribution in [0, 0.1) is 0 Å². The molecule has 1 aromatic rings. The number of carbonyl (C=O) groups is 1. The molecule has 0 bridgehead atoms. The van der Waals surface area contributed by atoms with Gasteiger partial charge in [-0.15, -0.1) is 0 Å². The molecule has 0 saturated carbocycles. The summed E-state index contributed by atoms with van der Waals surface area (Å²) < 4.78 is 23.8. The summed E-state index contributed by atoms with van der Waals surface area (Å²) in [5.74, 6) is -0.412. The van der Waals surface area contributed by atoms with E-state index in [9.17, 15) is 13.2 Å². The number of rotatable bonds is 6. The van der Waals surface area contributed by atoms with Crippen molar-refractivity contribution in [3.8, 4) is 0 Å². The van der Waals surface area contributed by atoms with E-state index in [2.05, 4.69) is 5.32 Å². The van der Waals surface area contributed by atoms with E-state index in [1.54, 1.807) is 19.1 Å². The molecule has 3 N–H and O–H groups in total. The molecule has 1 unspecified atom stereocenters. The first kappa shape index (κ1) is 15.7. The van der Waals surface area contributed by atoms with E-state index in [1.165, 1.54) is 12.1 Å². The highest BCUT2D eigenvalue weighted by Crippen LogP contribution is 2.16. The number of hydrogen-bond donors (Lipinski definition) is 2. The van der Waals surface area contributed by atoms with Crippen molar-refractivity contribution in [2.75, 3.05) is 12.3 Å². The number of sulfone groups is 1. The largest absolute Gasteiger partial charge is 0.352 e. The maximum absolute atomic E-state index is 12.0. The summed E-state index contributed by atoms with van der Waals surface area (Å²) in [6, 6.07) is 6.23. The summed E-state index contributed by atoms with van der Waals surface area (Å²) in [6.45, 7) is 3.83. The van der Waals surface area contributed by atoms with Gasteiger partial charge in [0.05, 0.1) is 16.2 Å². The first-order chi connectivity index (χ1) is 8.88. The Morgan fingerprint density at radius 3 is 2.58 bits per heavy atom. The monoisotopic (exact) mass is 284 g/mol. The molecule has 1 amide bonds. The second kappa shape index (κ2) is 6.68. The van der Waals surface area contributed by atoms with E-state index in [-0.39, 0.29) is 28.2 Å². The molecule has 0 aliphatic carbocycles. The van der Waals surface area contributed by atoms with Crippen LogP contribution in [0.3, 0.4) is 0 Å². The van der Waals surface area contributed by atoms with Gasteiger partial charge in [-0.1, -0.05) is 19.1 Å². The molecule has 0 aromatic heterocycles. The van der Waals surface area contributed by atoms with Crippen LogP contribution in [-0.4, -0.2) is 32.7 Å². The van der Waals surface area contributed by atoms with Crippen LogP contribution in [0.25, 0.3) is 0 Å². The van der Waals surface area contributed by atoms with Crippen molar-refractivity contribution in [3.05, 3.63) is 29.8 Å². The number of nitrogens with one attached hydrogen (secondary N) is 1. The van der Waals surface area contributed by atoms with Crippen LogP contribution >= 0.6 is 0 Å². The molecule has 0 aliphatic rings. The van der Waals surface area contributed by atoms with Crippen molar-refractivity contribution < 1.29 is 13.2 Å². The van der Waals surface area contributed by atoms with Crippen LogP contribution < -0.4 is 11.1 Å². The third-order valence-electron chi connectivity index (χ3n) is 2.73. The van der Waals surface area contributed by atoms with Gasteiger partial charge >= 0.3 is 0 Å². The summed E-state index contributed by atoms with van der Waals surface area (Å²) in [4.78, 5) is 12.1. The lowest BCUT2D eigenvalue weighted by molar-refractivity contribution is 0.0949. The average molecular weight is 284 g/mol. The van der Waals surface area contributed by atoms with E-state index in [1.807, 2.05) is 6.92 Å². The predicted molar refractivity (Wildman–Crippen MR) is 74.8 cm³/mol. The van der Waals surface area contributed by atoms with E-state index in [0.29, 0.717) is 13.0 Å². The molecular weight excluding hydrogens is 264 g/mol. The summed E-state index contributed by atoms with van der Waals surface area (Å²) in [6.07, 6.45) is 0.647. The fourth-order valence-electron chi connectivity index (χ4n) is 1.59. The Morgan fingerprint density at radius 2 is 2.00 bits per heavy atom. The highest BCUT2D eigenvalue weighted by atomic mass is 32.2. The summed E-state index contributed by atoms with van der Waals surface area (Å²) in [5.41, 5.74) is 5.78. The van der Waals surface area contributed by atoms with Crippen LogP contribution in [-0.2, 0) is 9.84 Å².